The van der Waals surface area contributed by atoms with Crippen LogP contribution in [0, 0.1) is 5.92 Å². The van der Waals surface area contributed by atoms with E-state index in [-0.39, 0.29) is 6.03 Å². The lowest BCUT2D eigenvalue weighted by Gasteiger charge is -2.27. The van der Waals surface area contributed by atoms with Gasteiger partial charge in [0.1, 0.15) is 0 Å². The lowest BCUT2D eigenvalue weighted by Crippen LogP contribution is -2.40. The summed E-state index contributed by atoms with van der Waals surface area (Å²) in [5.74, 6) is 1.13. The van der Waals surface area contributed by atoms with Crippen LogP contribution in [0.2, 0.25) is 0 Å². The number of rotatable bonds is 6. The molecule has 0 atom stereocenters. The van der Waals surface area contributed by atoms with Gasteiger partial charge in [0.25, 0.3) is 0 Å². The van der Waals surface area contributed by atoms with Crippen molar-refractivity contribution in [2.75, 3.05) is 17.3 Å². The zero-order chi connectivity index (χ0) is 28.7. The van der Waals surface area contributed by atoms with Crippen molar-refractivity contribution >= 4 is 34.8 Å². The van der Waals surface area contributed by atoms with E-state index in [4.69, 9.17) is 5.10 Å². The first kappa shape index (κ1) is 28.0. The molecule has 0 unspecified atom stereocenters. The van der Waals surface area contributed by atoms with Crippen LogP contribution < -0.4 is 15.5 Å². The monoisotopic (exact) mass is 562 g/mol. The number of hydrogen-bond acceptors (Lipinski definition) is 3. The minimum Gasteiger partial charge on any atom is -0.353 e. The average Bonchev–Trinajstić information content (AvgIpc) is 3.16. The molecular formula is C35H42N6O. The smallest absolute Gasteiger partial charge is 0.349 e. The van der Waals surface area contributed by atoms with E-state index in [0.717, 1.165) is 52.7 Å². The molecule has 0 aromatic heterocycles. The number of aliphatic imine (C=N–C) groups is 1. The minimum atomic E-state index is -0.146. The van der Waals surface area contributed by atoms with E-state index in [1.54, 1.807) is 5.01 Å². The van der Waals surface area contributed by atoms with Crippen LogP contribution in [-0.4, -0.2) is 35.8 Å². The normalized spacial score (nSPS) is 18.7. The fraction of sp³-hybridized carbons (Fsp3) is 0.400. The lowest BCUT2D eigenvalue weighted by molar-refractivity contribution is 0.207. The number of carbonyl (C=O) groups is 1. The molecule has 0 bridgehead atoms. The lowest BCUT2D eigenvalue weighted by atomic mass is 9.83. The number of carbonyl (C=O) groups excluding carboxylic acids is 1. The summed E-state index contributed by atoms with van der Waals surface area (Å²) in [7, 11) is 1.81. The first-order chi connectivity index (χ1) is 20.7. The number of guanidine groups is 1. The van der Waals surface area contributed by atoms with Gasteiger partial charge in [0.15, 0.2) is 5.96 Å². The second-order valence-corrected chi connectivity index (χ2v) is 11.7. The Morgan fingerprint density at radius 1 is 0.833 bits per heavy atom. The third-order valence-electron chi connectivity index (χ3n) is 8.79. The highest BCUT2D eigenvalue weighted by Crippen LogP contribution is 2.38. The topological polar surface area (TPSA) is 72.3 Å². The molecule has 2 aliphatic carbocycles. The molecular weight excluding hydrogens is 520 g/mol. The summed E-state index contributed by atoms with van der Waals surface area (Å²) < 4.78 is 0. The summed E-state index contributed by atoms with van der Waals surface area (Å²) in [6.45, 7) is 0.420. The van der Waals surface area contributed by atoms with Crippen molar-refractivity contribution in [2.24, 2.45) is 16.0 Å². The highest BCUT2D eigenvalue weighted by Gasteiger charge is 2.34. The van der Waals surface area contributed by atoms with Crippen LogP contribution in [0.1, 0.15) is 75.3 Å². The Bertz CT molecular complexity index is 1400. The average molecular weight is 563 g/mol. The molecule has 1 heterocycles. The molecule has 218 valence electrons. The standard InChI is InChI=1S/C35H42N6O/c1-36-34(37-28-17-9-4-10-18-28)38-29-21-23-30(24-22-29)41-32-20-12-11-19-31(32)33(27-15-7-3-8-16-27)39-40(35(41)42)25-26-13-5-2-6-14-26/h2,5-6,11-14,19-24,27-28H,3-4,7-10,15-18,25H2,1H3,(H2,36,37,38). The van der Waals surface area contributed by atoms with E-state index < -0.39 is 0 Å². The number of fused-ring (bicyclic) bond motifs is 1. The van der Waals surface area contributed by atoms with Gasteiger partial charge in [0.2, 0.25) is 0 Å². The van der Waals surface area contributed by atoms with Crippen molar-refractivity contribution in [3.05, 3.63) is 90.0 Å². The van der Waals surface area contributed by atoms with E-state index in [1.807, 2.05) is 60.5 Å². The van der Waals surface area contributed by atoms with Gasteiger partial charge >= 0.3 is 6.03 Å². The molecule has 2 amide bonds. The van der Waals surface area contributed by atoms with Crippen LogP contribution in [0.15, 0.2) is 89.0 Å². The van der Waals surface area contributed by atoms with Crippen LogP contribution in [0.25, 0.3) is 0 Å². The van der Waals surface area contributed by atoms with E-state index in [0.29, 0.717) is 18.5 Å². The number of hydrazone groups is 1. The van der Waals surface area contributed by atoms with Crippen LogP contribution in [0.3, 0.4) is 0 Å². The number of benzene rings is 3. The summed E-state index contributed by atoms with van der Waals surface area (Å²) in [5.41, 5.74) is 5.77. The van der Waals surface area contributed by atoms with Crippen molar-refractivity contribution in [3.8, 4) is 0 Å². The Labute approximate surface area is 249 Å². The third-order valence-corrected chi connectivity index (χ3v) is 8.79. The molecule has 3 aromatic rings. The number of hydrogen-bond donors (Lipinski definition) is 2. The predicted molar refractivity (Wildman–Crippen MR) is 173 cm³/mol. The highest BCUT2D eigenvalue weighted by atomic mass is 16.2. The fourth-order valence-electron chi connectivity index (χ4n) is 6.54. The molecule has 6 rings (SSSR count). The second-order valence-electron chi connectivity index (χ2n) is 11.7. The van der Waals surface area contributed by atoms with E-state index in [1.165, 1.54) is 51.4 Å². The summed E-state index contributed by atoms with van der Waals surface area (Å²) in [6.07, 6.45) is 12.1. The van der Waals surface area contributed by atoms with Crippen LogP contribution in [-0.2, 0) is 6.54 Å². The van der Waals surface area contributed by atoms with Crippen LogP contribution in [0.5, 0.6) is 0 Å². The van der Waals surface area contributed by atoms with Gasteiger partial charge < -0.3 is 10.6 Å². The van der Waals surface area contributed by atoms with Gasteiger partial charge in [-0.1, -0.05) is 87.1 Å². The highest BCUT2D eigenvalue weighted by molar-refractivity contribution is 6.13. The molecule has 2 fully saturated rings. The molecule has 3 aliphatic rings. The Balaban J connectivity index is 1.31. The van der Waals surface area contributed by atoms with E-state index in [2.05, 4.69) is 46.0 Å². The molecule has 7 nitrogen and oxygen atoms in total. The van der Waals surface area contributed by atoms with Gasteiger partial charge in [-0.25, -0.2) is 9.80 Å². The Hall–Kier alpha value is -4.13. The molecule has 3 aromatic carbocycles. The minimum absolute atomic E-state index is 0.146. The molecule has 2 N–H and O–H groups in total. The molecule has 0 saturated heterocycles. The van der Waals surface area contributed by atoms with E-state index in [9.17, 15) is 4.79 Å². The van der Waals surface area contributed by atoms with Crippen molar-refractivity contribution < 1.29 is 4.79 Å². The van der Waals surface area contributed by atoms with Gasteiger partial charge in [-0.05, 0) is 61.6 Å². The SMILES string of the molecule is CN=C(Nc1ccc(N2C(=O)N(Cc3ccccc3)N=C(C3CCCCC3)c3ccccc32)cc1)NC1CCCCC1. The third kappa shape index (κ3) is 6.35. The van der Waals surface area contributed by atoms with Crippen molar-refractivity contribution in [3.63, 3.8) is 0 Å². The molecule has 7 heteroatoms. The van der Waals surface area contributed by atoms with Gasteiger partial charge in [0.05, 0.1) is 23.6 Å². The maximum absolute atomic E-state index is 14.4. The summed E-state index contributed by atoms with van der Waals surface area (Å²) in [4.78, 5) is 20.7. The van der Waals surface area contributed by atoms with Gasteiger partial charge in [0, 0.05) is 30.3 Å². The summed E-state index contributed by atoms with van der Waals surface area (Å²) in [5, 5.41) is 13.8. The predicted octanol–water partition coefficient (Wildman–Crippen LogP) is 8.06. The van der Waals surface area contributed by atoms with Crippen LogP contribution in [0.4, 0.5) is 21.9 Å². The van der Waals surface area contributed by atoms with Gasteiger partial charge in [-0.3, -0.25) is 9.89 Å². The largest absolute Gasteiger partial charge is 0.353 e. The van der Waals surface area contributed by atoms with Gasteiger partial charge in [-0.15, -0.1) is 0 Å². The zero-order valence-corrected chi connectivity index (χ0v) is 24.6. The maximum atomic E-state index is 14.4. The molecule has 0 radical (unpaired) electrons. The molecule has 2 saturated carbocycles. The van der Waals surface area contributed by atoms with Crippen molar-refractivity contribution in [1.29, 1.82) is 0 Å². The molecule has 42 heavy (non-hydrogen) atoms. The summed E-state index contributed by atoms with van der Waals surface area (Å²) in [6, 6.07) is 26.8. The summed E-state index contributed by atoms with van der Waals surface area (Å²) >= 11 is 0. The Kier molecular flexibility index (Phi) is 8.83. The molecule has 0 spiro atoms. The Morgan fingerprint density at radius 3 is 2.21 bits per heavy atom. The van der Waals surface area contributed by atoms with Crippen molar-refractivity contribution in [2.45, 2.75) is 76.8 Å². The number of urea groups is 1. The quantitative estimate of drug-likeness (QED) is 0.236. The van der Waals surface area contributed by atoms with Crippen LogP contribution >= 0.6 is 0 Å². The fourth-order valence-corrected chi connectivity index (χ4v) is 6.54. The van der Waals surface area contributed by atoms with Gasteiger partial charge in [-0.2, -0.15) is 5.10 Å². The maximum Gasteiger partial charge on any atom is 0.349 e. The van der Waals surface area contributed by atoms with Crippen molar-refractivity contribution in [1.82, 2.24) is 10.3 Å². The number of anilines is 3. The number of para-hydroxylation sites is 1. The zero-order valence-electron chi connectivity index (χ0n) is 24.6. The Morgan fingerprint density at radius 2 is 1.50 bits per heavy atom. The number of amides is 2. The molecule has 1 aliphatic heterocycles. The number of nitrogens with one attached hydrogen (secondary N) is 2. The first-order valence-corrected chi connectivity index (χ1v) is 15.6. The second kappa shape index (κ2) is 13.2. The van der Waals surface area contributed by atoms with E-state index >= 15 is 0 Å². The number of nitrogens with zero attached hydrogens (tertiary/aromatic N) is 4. The first-order valence-electron chi connectivity index (χ1n) is 15.6.